The fourth-order valence-corrected chi connectivity index (χ4v) is 6.26. The van der Waals surface area contributed by atoms with Gasteiger partial charge in [-0.2, -0.15) is 5.26 Å². The highest BCUT2D eigenvalue weighted by Gasteiger charge is 2.37. The summed E-state index contributed by atoms with van der Waals surface area (Å²) in [7, 11) is 0. The SMILES string of the molecule is C[C@H](c1ccc(COc2cccc3c2CN([C@@H](CCC(=O)OC(C)(C)C)C(N)=O)C3=O)cc1)N1CCN(c2ccc(C#N)cc2F)CC1. The van der Waals surface area contributed by atoms with Crippen molar-refractivity contribution in [2.75, 3.05) is 31.1 Å². The Morgan fingerprint density at radius 3 is 2.38 bits per heavy atom. The molecule has 10 nitrogen and oxygen atoms in total. The van der Waals surface area contributed by atoms with E-state index in [1.54, 1.807) is 51.1 Å². The number of primary amides is 1. The summed E-state index contributed by atoms with van der Waals surface area (Å²) in [4.78, 5) is 43.8. The Hall–Kier alpha value is -4.95. The smallest absolute Gasteiger partial charge is 0.306 e. The second-order valence-corrected chi connectivity index (χ2v) is 13.3. The number of nitrogens with two attached hydrogens (primary N) is 1. The summed E-state index contributed by atoms with van der Waals surface area (Å²) in [6.07, 6.45) is 0.0219. The summed E-state index contributed by atoms with van der Waals surface area (Å²) in [6, 6.07) is 19.2. The fraction of sp³-hybridized carbons (Fsp3) is 0.405. The molecule has 2 aliphatic rings. The van der Waals surface area contributed by atoms with E-state index in [-0.39, 0.29) is 43.8 Å². The number of esters is 1. The number of piperazine rings is 1. The van der Waals surface area contributed by atoms with Crippen molar-refractivity contribution in [1.82, 2.24) is 9.80 Å². The minimum absolute atomic E-state index is 0.0439. The number of nitriles is 1. The Kier molecular flexibility index (Phi) is 10.3. The van der Waals surface area contributed by atoms with Gasteiger partial charge in [0.05, 0.1) is 23.9 Å². The van der Waals surface area contributed by atoms with Crippen LogP contribution in [0.3, 0.4) is 0 Å². The molecule has 5 rings (SSSR count). The molecule has 2 amide bonds. The molecule has 2 heterocycles. The Labute approximate surface area is 280 Å². The maximum atomic E-state index is 14.5. The normalized spacial score (nSPS) is 16.2. The monoisotopic (exact) mass is 655 g/mol. The molecule has 0 saturated carbocycles. The zero-order valence-corrected chi connectivity index (χ0v) is 27.9. The van der Waals surface area contributed by atoms with Gasteiger partial charge in [0.25, 0.3) is 5.91 Å². The third-order valence-corrected chi connectivity index (χ3v) is 8.84. The van der Waals surface area contributed by atoms with Crippen LogP contribution in [0.15, 0.2) is 60.7 Å². The number of anilines is 1. The predicted molar refractivity (Wildman–Crippen MR) is 178 cm³/mol. The lowest BCUT2D eigenvalue weighted by atomic mass is 10.0. The van der Waals surface area contributed by atoms with Crippen LogP contribution >= 0.6 is 0 Å². The fourth-order valence-electron chi connectivity index (χ4n) is 6.26. The Bertz CT molecular complexity index is 1710. The van der Waals surface area contributed by atoms with Gasteiger partial charge in [-0.3, -0.25) is 19.3 Å². The van der Waals surface area contributed by atoms with Gasteiger partial charge in [-0.05, 0) is 75.6 Å². The van der Waals surface area contributed by atoms with Crippen molar-refractivity contribution in [3.63, 3.8) is 0 Å². The van der Waals surface area contributed by atoms with Crippen LogP contribution in [0.4, 0.5) is 10.1 Å². The second-order valence-electron chi connectivity index (χ2n) is 13.3. The van der Waals surface area contributed by atoms with E-state index in [1.165, 1.54) is 11.0 Å². The van der Waals surface area contributed by atoms with Crippen LogP contribution in [-0.2, 0) is 27.5 Å². The molecule has 0 aromatic heterocycles. The van der Waals surface area contributed by atoms with Crippen molar-refractivity contribution in [3.05, 3.63) is 94.3 Å². The van der Waals surface area contributed by atoms with Crippen LogP contribution in [0.2, 0.25) is 0 Å². The minimum atomic E-state index is -0.958. The summed E-state index contributed by atoms with van der Waals surface area (Å²) in [5.74, 6) is -1.29. The number of amides is 2. The first-order valence-corrected chi connectivity index (χ1v) is 16.2. The number of hydrogen-bond donors (Lipinski definition) is 1. The first-order valence-electron chi connectivity index (χ1n) is 16.2. The molecule has 2 N–H and O–H groups in total. The standard InChI is InChI=1S/C37H42FN5O5/c1-24(41-16-18-42(19-17-41)31-13-10-26(21-39)20-30(31)38)27-11-8-25(9-12-27)23-47-33-7-5-6-28-29(33)22-43(36(28)46)32(35(40)45)14-15-34(44)48-37(2,3)4/h5-13,20,24,32H,14-19,22-23H2,1-4H3,(H2,40,45)/t24-,32+/m1/s1. The predicted octanol–water partition coefficient (Wildman–Crippen LogP) is 5.09. The van der Waals surface area contributed by atoms with E-state index >= 15 is 0 Å². The molecule has 3 aromatic carbocycles. The van der Waals surface area contributed by atoms with Gasteiger partial charge >= 0.3 is 5.97 Å². The van der Waals surface area contributed by atoms with Crippen molar-refractivity contribution in [2.45, 2.75) is 71.4 Å². The molecule has 0 bridgehead atoms. The van der Waals surface area contributed by atoms with Crippen LogP contribution in [0, 0.1) is 17.1 Å². The number of halogens is 1. The van der Waals surface area contributed by atoms with Crippen molar-refractivity contribution in [2.24, 2.45) is 5.73 Å². The van der Waals surface area contributed by atoms with Crippen LogP contribution in [0.25, 0.3) is 0 Å². The maximum Gasteiger partial charge on any atom is 0.306 e. The third-order valence-electron chi connectivity index (χ3n) is 8.84. The number of hydrogen-bond acceptors (Lipinski definition) is 8. The van der Waals surface area contributed by atoms with E-state index in [1.807, 2.05) is 23.1 Å². The third kappa shape index (κ3) is 7.94. The second kappa shape index (κ2) is 14.4. The first kappa shape index (κ1) is 34.4. The summed E-state index contributed by atoms with van der Waals surface area (Å²) < 4.78 is 26.1. The van der Waals surface area contributed by atoms with Crippen molar-refractivity contribution >= 4 is 23.5 Å². The number of benzene rings is 3. The molecule has 1 saturated heterocycles. The van der Waals surface area contributed by atoms with Crippen molar-refractivity contribution in [3.8, 4) is 11.8 Å². The van der Waals surface area contributed by atoms with E-state index in [9.17, 15) is 18.8 Å². The van der Waals surface area contributed by atoms with Gasteiger partial charge in [0, 0.05) is 49.8 Å². The van der Waals surface area contributed by atoms with Gasteiger partial charge in [0.15, 0.2) is 0 Å². The average molecular weight is 656 g/mol. The highest BCUT2D eigenvalue weighted by atomic mass is 19.1. The van der Waals surface area contributed by atoms with Crippen molar-refractivity contribution < 1.29 is 28.2 Å². The highest BCUT2D eigenvalue weighted by molar-refractivity contribution is 6.01. The number of carbonyl (C=O) groups excluding carboxylic acids is 3. The Morgan fingerprint density at radius 1 is 1.04 bits per heavy atom. The summed E-state index contributed by atoms with van der Waals surface area (Å²) in [6.45, 7) is 10.8. The van der Waals surface area contributed by atoms with Gasteiger partial charge in [0.2, 0.25) is 5.91 Å². The lowest BCUT2D eigenvalue weighted by Gasteiger charge is -2.39. The van der Waals surface area contributed by atoms with Gasteiger partial charge < -0.3 is 25.0 Å². The van der Waals surface area contributed by atoms with Crippen LogP contribution in [-0.4, -0.2) is 65.4 Å². The topological polar surface area (TPSA) is 129 Å². The van der Waals surface area contributed by atoms with E-state index in [4.69, 9.17) is 20.5 Å². The quantitative estimate of drug-likeness (QED) is 0.283. The molecule has 3 aromatic rings. The minimum Gasteiger partial charge on any atom is -0.489 e. The number of carbonyl (C=O) groups is 3. The molecular formula is C37H42FN5O5. The van der Waals surface area contributed by atoms with Crippen LogP contribution in [0.5, 0.6) is 5.75 Å². The number of fused-ring (bicyclic) bond motifs is 1. The lowest BCUT2D eigenvalue weighted by molar-refractivity contribution is -0.155. The molecule has 0 spiro atoms. The number of ether oxygens (including phenoxy) is 2. The van der Waals surface area contributed by atoms with Crippen LogP contribution < -0.4 is 15.4 Å². The highest BCUT2D eigenvalue weighted by Crippen LogP contribution is 2.34. The molecule has 2 aliphatic heterocycles. The largest absolute Gasteiger partial charge is 0.489 e. The summed E-state index contributed by atoms with van der Waals surface area (Å²) >= 11 is 0. The molecule has 11 heteroatoms. The average Bonchev–Trinajstić information content (AvgIpc) is 3.39. The molecule has 2 atom stereocenters. The van der Waals surface area contributed by atoms with E-state index < -0.39 is 23.5 Å². The molecular weight excluding hydrogens is 613 g/mol. The molecule has 252 valence electrons. The van der Waals surface area contributed by atoms with Gasteiger partial charge in [-0.25, -0.2) is 4.39 Å². The van der Waals surface area contributed by atoms with Crippen LogP contribution in [0.1, 0.15) is 79.2 Å². The lowest BCUT2D eigenvalue weighted by Crippen LogP contribution is -2.47. The number of nitrogens with zero attached hydrogens (tertiary/aromatic N) is 4. The van der Waals surface area contributed by atoms with Crippen molar-refractivity contribution in [1.29, 1.82) is 5.26 Å². The summed E-state index contributed by atoms with van der Waals surface area (Å²) in [5.41, 5.74) is 9.10. The Balaban J connectivity index is 1.16. The maximum absolute atomic E-state index is 14.5. The first-order chi connectivity index (χ1) is 22.8. The molecule has 1 fully saturated rings. The van der Waals surface area contributed by atoms with Gasteiger partial charge in [0.1, 0.15) is 29.8 Å². The van der Waals surface area contributed by atoms with E-state index in [0.29, 0.717) is 41.2 Å². The van der Waals surface area contributed by atoms with E-state index in [0.717, 1.165) is 24.2 Å². The zero-order chi connectivity index (χ0) is 34.6. The Morgan fingerprint density at radius 2 is 1.75 bits per heavy atom. The molecule has 0 unspecified atom stereocenters. The molecule has 0 radical (unpaired) electrons. The molecule has 48 heavy (non-hydrogen) atoms. The van der Waals surface area contributed by atoms with Gasteiger partial charge in [-0.1, -0.05) is 30.3 Å². The zero-order valence-electron chi connectivity index (χ0n) is 27.9. The van der Waals surface area contributed by atoms with E-state index in [2.05, 4.69) is 24.0 Å². The van der Waals surface area contributed by atoms with Gasteiger partial charge in [-0.15, -0.1) is 0 Å². The molecule has 0 aliphatic carbocycles. The number of rotatable bonds is 11. The summed E-state index contributed by atoms with van der Waals surface area (Å²) in [5, 5.41) is 9.02.